The zero-order chi connectivity index (χ0) is 8.43. The molecule has 3 N–H and O–H groups in total. The fourth-order valence-corrected chi connectivity index (χ4v) is 1.31. The number of nitrogens with zero attached hydrogens (tertiary/aromatic N) is 1. The Kier molecular flexibility index (Phi) is 2.13. The number of rotatable bonds is 1. The molecule has 1 unspecified atom stereocenters. The van der Waals surface area contributed by atoms with Crippen LogP contribution in [-0.2, 0) is 4.79 Å². The molecule has 0 spiro atoms. The largest absolute Gasteiger partial charge is 0.480 e. The number of carboxylic acids is 1. The van der Waals surface area contributed by atoms with Crippen LogP contribution in [0.4, 0.5) is 0 Å². The number of aliphatic carboxylic acids is 1. The maximum absolute atomic E-state index is 10.5. The minimum atomic E-state index is -0.956. The summed E-state index contributed by atoms with van der Waals surface area (Å²) in [6.07, 6.45) is 0. The molecule has 6 heteroatoms. The molecule has 11 heavy (non-hydrogen) atoms. The summed E-state index contributed by atoms with van der Waals surface area (Å²) in [6, 6.07) is 0. The molecule has 0 radical (unpaired) electrons. The summed E-state index contributed by atoms with van der Waals surface area (Å²) in [5.74, 6) is -0.956. The third kappa shape index (κ3) is 1.70. The molecule has 0 fully saturated rings. The molecule has 1 rings (SSSR count). The first-order chi connectivity index (χ1) is 5.11. The lowest BCUT2D eigenvalue weighted by Gasteiger charge is -2.16. The second-order valence-corrected chi connectivity index (χ2v) is 3.15. The monoisotopic (exact) mass is 173 g/mol. The number of hydrogen-bond acceptors (Lipinski definition) is 4. The van der Waals surface area contributed by atoms with Crippen LogP contribution in [0.3, 0.4) is 0 Å². The Bertz CT molecular complexity index is 238. The number of amidine groups is 1. The lowest BCUT2D eigenvalue weighted by Crippen LogP contribution is -2.34. The average Bonchev–Trinajstić information content (AvgIpc) is 1.94. The van der Waals surface area contributed by atoms with E-state index in [0.29, 0.717) is 5.71 Å². The van der Waals surface area contributed by atoms with Crippen molar-refractivity contribution in [1.29, 1.82) is 5.41 Å². The molecule has 0 bridgehead atoms. The Labute approximate surface area is 67.4 Å². The van der Waals surface area contributed by atoms with Crippen molar-refractivity contribution in [2.75, 3.05) is 0 Å². The lowest BCUT2D eigenvalue weighted by atomic mass is 10.3. The van der Waals surface area contributed by atoms with Crippen molar-refractivity contribution in [3.05, 3.63) is 0 Å². The molecule has 1 aliphatic rings. The van der Waals surface area contributed by atoms with E-state index in [1.165, 1.54) is 0 Å². The molecule has 0 amide bonds. The van der Waals surface area contributed by atoms with E-state index in [0.717, 1.165) is 11.8 Å². The van der Waals surface area contributed by atoms with Crippen molar-refractivity contribution >= 4 is 28.6 Å². The zero-order valence-corrected chi connectivity index (χ0v) is 6.60. The summed E-state index contributed by atoms with van der Waals surface area (Å²) in [7, 11) is 0. The summed E-state index contributed by atoms with van der Waals surface area (Å²) in [4.78, 5) is 10.5. The first-order valence-electron chi connectivity index (χ1n) is 2.89. The van der Waals surface area contributed by atoms with Crippen LogP contribution in [0.5, 0.6) is 0 Å². The van der Waals surface area contributed by atoms with Crippen molar-refractivity contribution in [2.45, 2.75) is 12.2 Å². The summed E-state index contributed by atoms with van der Waals surface area (Å²) in [5.41, 5.74) is 2.87. The highest BCUT2D eigenvalue weighted by molar-refractivity contribution is 8.15. The van der Waals surface area contributed by atoms with Gasteiger partial charge in [-0.15, -0.1) is 0 Å². The Hall–Kier alpha value is -1.04. The molecule has 0 aromatic heterocycles. The van der Waals surface area contributed by atoms with Gasteiger partial charge in [-0.25, -0.2) is 0 Å². The highest BCUT2D eigenvalue weighted by Crippen LogP contribution is 2.16. The standard InChI is InChI=1S/C5H7N3O2S/c1-2-3(4(9)10)11-5(6)8-7-2/h3H,1H3,(H2,6,8)(H,9,10). The number of carboxylic acid groups (broad SMARTS) is 1. The third-order valence-corrected chi connectivity index (χ3v) is 2.28. The van der Waals surface area contributed by atoms with Crippen molar-refractivity contribution in [3.8, 4) is 0 Å². The molecule has 0 aromatic rings. The maximum Gasteiger partial charge on any atom is 0.322 e. The van der Waals surface area contributed by atoms with E-state index in [-0.39, 0.29) is 5.17 Å². The van der Waals surface area contributed by atoms with E-state index in [2.05, 4.69) is 10.5 Å². The van der Waals surface area contributed by atoms with Crippen LogP contribution in [0, 0.1) is 5.41 Å². The second-order valence-electron chi connectivity index (χ2n) is 2.03. The first kappa shape index (κ1) is 8.06. The quantitative estimate of drug-likeness (QED) is 0.524. The predicted octanol–water partition coefficient (Wildman–Crippen LogP) is 0.0867. The highest BCUT2D eigenvalue weighted by atomic mass is 32.2. The molecule has 60 valence electrons. The van der Waals surface area contributed by atoms with Crippen LogP contribution < -0.4 is 5.43 Å². The molecule has 0 saturated heterocycles. The van der Waals surface area contributed by atoms with Gasteiger partial charge in [-0.2, -0.15) is 5.10 Å². The van der Waals surface area contributed by atoms with Crippen molar-refractivity contribution in [1.82, 2.24) is 5.43 Å². The van der Waals surface area contributed by atoms with Gasteiger partial charge in [0.1, 0.15) is 5.25 Å². The molecule has 1 heterocycles. The smallest absolute Gasteiger partial charge is 0.322 e. The second kappa shape index (κ2) is 2.91. The van der Waals surface area contributed by atoms with Crippen molar-refractivity contribution in [2.24, 2.45) is 5.10 Å². The summed E-state index contributed by atoms with van der Waals surface area (Å²) in [5, 5.41) is 18.7. The van der Waals surface area contributed by atoms with Gasteiger partial charge in [0.2, 0.25) is 0 Å². The normalized spacial score (nSPS) is 23.9. The van der Waals surface area contributed by atoms with Crippen molar-refractivity contribution < 1.29 is 9.90 Å². The molecular formula is C5H7N3O2S. The maximum atomic E-state index is 10.5. The van der Waals surface area contributed by atoms with E-state index in [9.17, 15) is 4.79 Å². The fourth-order valence-electron chi connectivity index (χ4n) is 0.656. The van der Waals surface area contributed by atoms with Crippen molar-refractivity contribution in [3.63, 3.8) is 0 Å². The van der Waals surface area contributed by atoms with Gasteiger partial charge in [0, 0.05) is 0 Å². The molecule has 1 atom stereocenters. The van der Waals surface area contributed by atoms with Gasteiger partial charge in [-0.3, -0.25) is 15.6 Å². The number of nitrogens with one attached hydrogen (secondary N) is 2. The number of hydrogen-bond donors (Lipinski definition) is 3. The highest BCUT2D eigenvalue weighted by Gasteiger charge is 2.26. The van der Waals surface area contributed by atoms with E-state index < -0.39 is 11.2 Å². The Morgan fingerprint density at radius 3 is 3.00 bits per heavy atom. The first-order valence-corrected chi connectivity index (χ1v) is 3.77. The molecular weight excluding hydrogens is 166 g/mol. The van der Waals surface area contributed by atoms with E-state index >= 15 is 0 Å². The number of carbonyl (C=O) groups is 1. The topological polar surface area (TPSA) is 85.5 Å². The fraction of sp³-hybridized carbons (Fsp3) is 0.400. The third-order valence-electron chi connectivity index (χ3n) is 1.17. The molecule has 5 nitrogen and oxygen atoms in total. The van der Waals surface area contributed by atoms with Gasteiger partial charge >= 0.3 is 5.97 Å². The van der Waals surface area contributed by atoms with Crippen LogP contribution in [0.1, 0.15) is 6.92 Å². The van der Waals surface area contributed by atoms with Crippen LogP contribution in [0.15, 0.2) is 5.10 Å². The Morgan fingerprint density at radius 2 is 2.55 bits per heavy atom. The summed E-state index contributed by atoms with van der Waals surface area (Å²) < 4.78 is 0. The molecule has 0 aromatic carbocycles. The number of thioether (sulfide) groups is 1. The van der Waals surface area contributed by atoms with E-state index in [1.807, 2.05) is 0 Å². The van der Waals surface area contributed by atoms with E-state index in [1.54, 1.807) is 6.92 Å². The van der Waals surface area contributed by atoms with Crippen LogP contribution in [0.25, 0.3) is 0 Å². The summed E-state index contributed by atoms with van der Waals surface area (Å²) >= 11 is 0.944. The minimum absolute atomic E-state index is 0.0722. The van der Waals surface area contributed by atoms with Gasteiger partial charge in [0.05, 0.1) is 5.71 Å². The van der Waals surface area contributed by atoms with Crippen LogP contribution >= 0.6 is 11.8 Å². The van der Waals surface area contributed by atoms with Gasteiger partial charge < -0.3 is 5.11 Å². The van der Waals surface area contributed by atoms with E-state index in [4.69, 9.17) is 10.5 Å². The van der Waals surface area contributed by atoms with Gasteiger partial charge in [-0.1, -0.05) is 11.8 Å². The molecule has 1 aliphatic heterocycles. The predicted molar refractivity (Wildman–Crippen MR) is 43.0 cm³/mol. The molecule has 0 saturated carbocycles. The minimum Gasteiger partial charge on any atom is -0.480 e. The lowest BCUT2D eigenvalue weighted by molar-refractivity contribution is -0.135. The number of hydrazone groups is 1. The SMILES string of the molecule is CC1=NNC(=N)SC1C(=O)O. The Morgan fingerprint density at radius 1 is 1.91 bits per heavy atom. The van der Waals surface area contributed by atoms with Gasteiger partial charge in [0.25, 0.3) is 0 Å². The van der Waals surface area contributed by atoms with Crippen LogP contribution in [-0.4, -0.2) is 27.2 Å². The summed E-state index contributed by atoms with van der Waals surface area (Å²) in [6.45, 7) is 1.62. The average molecular weight is 173 g/mol. The Balaban J connectivity index is 2.79. The van der Waals surface area contributed by atoms with Crippen LogP contribution in [0.2, 0.25) is 0 Å². The zero-order valence-electron chi connectivity index (χ0n) is 5.79. The van der Waals surface area contributed by atoms with Gasteiger partial charge in [-0.05, 0) is 6.92 Å². The molecule has 0 aliphatic carbocycles. The van der Waals surface area contributed by atoms with Gasteiger partial charge in [0.15, 0.2) is 5.17 Å².